The Kier molecular flexibility index (Phi) is 7.00. The van der Waals surface area contributed by atoms with Gasteiger partial charge in [0.1, 0.15) is 5.52 Å². The predicted octanol–water partition coefficient (Wildman–Crippen LogP) is 13.8. The summed E-state index contributed by atoms with van der Waals surface area (Å²) < 4.78 is 9.01. The van der Waals surface area contributed by atoms with Gasteiger partial charge in [-0.1, -0.05) is 127 Å². The van der Waals surface area contributed by atoms with E-state index < -0.39 is 0 Å². The summed E-state index contributed by atoms with van der Waals surface area (Å²) in [7, 11) is 0. The zero-order valence-electron chi connectivity index (χ0n) is 27.5. The fourth-order valence-electron chi connectivity index (χ4n) is 7.16. The molecule has 240 valence electrons. The zero-order chi connectivity index (χ0) is 33.7. The van der Waals surface area contributed by atoms with E-state index in [0.29, 0.717) is 5.89 Å². The van der Waals surface area contributed by atoms with Gasteiger partial charge in [0.2, 0.25) is 5.89 Å². The van der Waals surface area contributed by atoms with Crippen molar-refractivity contribution in [2.75, 3.05) is 4.90 Å². The fourth-order valence-corrected chi connectivity index (χ4v) is 8.38. The average molecular weight is 671 g/mol. The lowest BCUT2D eigenvalue weighted by molar-refractivity contribution is 0.620. The molecule has 0 fully saturated rings. The molecule has 2 heterocycles. The second-order valence-corrected chi connectivity index (χ2v) is 13.8. The normalized spacial score (nSPS) is 11.5. The van der Waals surface area contributed by atoms with Gasteiger partial charge in [-0.3, -0.25) is 0 Å². The molecule has 0 aliphatic carbocycles. The van der Waals surface area contributed by atoms with E-state index in [-0.39, 0.29) is 0 Å². The van der Waals surface area contributed by atoms with Crippen LogP contribution in [0.15, 0.2) is 186 Å². The van der Waals surface area contributed by atoms with Gasteiger partial charge in [-0.25, -0.2) is 4.98 Å². The highest BCUT2D eigenvalue weighted by Crippen LogP contribution is 2.49. The zero-order valence-corrected chi connectivity index (χ0v) is 28.3. The lowest BCUT2D eigenvalue weighted by Gasteiger charge is -2.27. The Morgan fingerprint density at radius 1 is 0.451 bits per heavy atom. The Labute approximate surface area is 299 Å². The molecular formula is C47H30N2OS. The van der Waals surface area contributed by atoms with Crippen LogP contribution in [0.2, 0.25) is 0 Å². The molecule has 0 spiro atoms. The van der Waals surface area contributed by atoms with Gasteiger partial charge in [0.05, 0.1) is 10.4 Å². The van der Waals surface area contributed by atoms with Crippen LogP contribution in [-0.2, 0) is 0 Å². The summed E-state index contributed by atoms with van der Waals surface area (Å²) >= 11 is 1.81. The molecule has 0 amide bonds. The molecule has 0 saturated heterocycles. The van der Waals surface area contributed by atoms with E-state index in [1.54, 1.807) is 11.3 Å². The van der Waals surface area contributed by atoms with E-state index in [0.717, 1.165) is 39.1 Å². The summed E-state index contributed by atoms with van der Waals surface area (Å²) in [6.07, 6.45) is 0. The number of oxazole rings is 1. The van der Waals surface area contributed by atoms with Crippen molar-refractivity contribution in [2.45, 2.75) is 0 Å². The number of benzene rings is 8. The van der Waals surface area contributed by atoms with Crippen molar-refractivity contribution in [1.29, 1.82) is 0 Å². The molecule has 3 nitrogen and oxygen atoms in total. The highest BCUT2D eigenvalue weighted by molar-refractivity contribution is 7.26. The van der Waals surface area contributed by atoms with Crippen molar-refractivity contribution in [3.8, 4) is 33.7 Å². The van der Waals surface area contributed by atoms with Crippen LogP contribution in [-0.4, -0.2) is 4.98 Å². The van der Waals surface area contributed by atoms with Crippen LogP contribution in [0.4, 0.5) is 17.1 Å². The Bertz CT molecular complexity index is 2840. The number of hydrogen-bond donors (Lipinski definition) is 0. The van der Waals surface area contributed by atoms with Crippen LogP contribution in [0.3, 0.4) is 0 Å². The van der Waals surface area contributed by atoms with Gasteiger partial charge in [0, 0.05) is 32.4 Å². The molecule has 0 atom stereocenters. The summed E-state index contributed by atoms with van der Waals surface area (Å²) in [6.45, 7) is 0. The molecule has 0 saturated carbocycles. The number of thiophene rings is 1. The summed E-state index contributed by atoms with van der Waals surface area (Å²) in [6, 6.07) is 64.4. The van der Waals surface area contributed by atoms with Gasteiger partial charge < -0.3 is 9.32 Å². The largest absolute Gasteiger partial charge is 0.436 e. The predicted molar refractivity (Wildman–Crippen MR) is 215 cm³/mol. The third-order valence-corrected chi connectivity index (χ3v) is 10.9. The van der Waals surface area contributed by atoms with E-state index in [9.17, 15) is 0 Å². The van der Waals surface area contributed by atoms with E-state index in [1.807, 2.05) is 18.2 Å². The molecule has 0 unspecified atom stereocenters. The highest BCUT2D eigenvalue weighted by Gasteiger charge is 2.25. The Hall–Kier alpha value is -6.49. The monoisotopic (exact) mass is 670 g/mol. The topological polar surface area (TPSA) is 29.3 Å². The molecule has 8 aromatic carbocycles. The first-order valence-electron chi connectivity index (χ1n) is 17.1. The van der Waals surface area contributed by atoms with E-state index in [1.165, 1.54) is 47.8 Å². The van der Waals surface area contributed by atoms with Gasteiger partial charge in [0.15, 0.2) is 5.58 Å². The lowest BCUT2D eigenvalue weighted by atomic mass is 10.0. The quantitative estimate of drug-likeness (QED) is 0.176. The van der Waals surface area contributed by atoms with Crippen LogP contribution in [0.5, 0.6) is 0 Å². The third kappa shape index (κ3) is 5.16. The SMILES string of the molecule is c1ccc(-c2ccc(N(c3ccc4cc(-c5ccccc5)ccc4c3)c3c4nc(-c5ccccc5)oc4cc4c3sc3ccccc34)cc2)cc1. The van der Waals surface area contributed by atoms with Gasteiger partial charge in [0.25, 0.3) is 0 Å². The van der Waals surface area contributed by atoms with Gasteiger partial charge in [-0.05, 0) is 87.6 Å². The number of aromatic nitrogens is 1. The van der Waals surface area contributed by atoms with Gasteiger partial charge >= 0.3 is 0 Å². The summed E-state index contributed by atoms with van der Waals surface area (Å²) in [5, 5.41) is 4.73. The second-order valence-electron chi connectivity index (χ2n) is 12.8. The molecule has 0 bridgehead atoms. The Morgan fingerprint density at radius 2 is 1.02 bits per heavy atom. The maximum atomic E-state index is 6.61. The van der Waals surface area contributed by atoms with Crippen molar-refractivity contribution in [1.82, 2.24) is 4.98 Å². The van der Waals surface area contributed by atoms with Gasteiger partial charge in [-0.2, -0.15) is 0 Å². The smallest absolute Gasteiger partial charge is 0.227 e. The number of anilines is 3. The van der Waals surface area contributed by atoms with E-state index in [4.69, 9.17) is 9.40 Å². The first kappa shape index (κ1) is 29.4. The van der Waals surface area contributed by atoms with Gasteiger partial charge in [-0.15, -0.1) is 11.3 Å². The number of hydrogen-bond acceptors (Lipinski definition) is 4. The minimum absolute atomic E-state index is 0.611. The molecule has 2 aromatic heterocycles. The summed E-state index contributed by atoms with van der Waals surface area (Å²) in [5.41, 5.74) is 10.4. The first-order valence-corrected chi connectivity index (χ1v) is 17.9. The molecule has 51 heavy (non-hydrogen) atoms. The summed E-state index contributed by atoms with van der Waals surface area (Å²) in [5.74, 6) is 0.611. The second kappa shape index (κ2) is 12.1. The van der Waals surface area contributed by atoms with Crippen LogP contribution in [0.25, 0.3) is 75.8 Å². The number of nitrogens with zero attached hydrogens (tertiary/aromatic N) is 2. The minimum Gasteiger partial charge on any atom is -0.436 e. The maximum Gasteiger partial charge on any atom is 0.227 e. The van der Waals surface area contributed by atoms with Crippen molar-refractivity contribution < 1.29 is 4.42 Å². The van der Waals surface area contributed by atoms with E-state index >= 15 is 0 Å². The molecule has 0 aliphatic heterocycles. The summed E-state index contributed by atoms with van der Waals surface area (Å²) in [4.78, 5) is 7.62. The number of fused-ring (bicyclic) bond motifs is 5. The van der Waals surface area contributed by atoms with Crippen LogP contribution < -0.4 is 4.90 Å². The Balaban J connectivity index is 1.23. The Morgan fingerprint density at radius 3 is 1.76 bits per heavy atom. The van der Waals surface area contributed by atoms with Crippen molar-refractivity contribution in [3.63, 3.8) is 0 Å². The van der Waals surface area contributed by atoms with Crippen molar-refractivity contribution in [2.24, 2.45) is 0 Å². The van der Waals surface area contributed by atoms with Crippen LogP contribution in [0, 0.1) is 0 Å². The minimum atomic E-state index is 0.611. The number of rotatable bonds is 6. The van der Waals surface area contributed by atoms with Crippen LogP contribution in [0.1, 0.15) is 0 Å². The lowest BCUT2D eigenvalue weighted by Crippen LogP contribution is -2.11. The van der Waals surface area contributed by atoms with Crippen LogP contribution >= 0.6 is 11.3 Å². The van der Waals surface area contributed by atoms with Crippen molar-refractivity contribution in [3.05, 3.63) is 182 Å². The molecule has 0 radical (unpaired) electrons. The van der Waals surface area contributed by atoms with E-state index in [2.05, 4.69) is 169 Å². The average Bonchev–Trinajstić information content (AvgIpc) is 3.81. The molecule has 0 aliphatic rings. The molecular weight excluding hydrogens is 641 g/mol. The molecule has 10 aromatic rings. The highest BCUT2D eigenvalue weighted by atomic mass is 32.1. The third-order valence-electron chi connectivity index (χ3n) is 9.67. The molecule has 10 rings (SSSR count). The first-order chi connectivity index (χ1) is 25.3. The standard InChI is InChI=1S/C47H30N2OS/c1-4-12-31(13-5-1)33-22-25-38(26-23-33)49(39-27-24-36-28-35(20-21-37(36)29-39)32-14-6-2-7-15-32)45-44-42(50-47(48-44)34-16-8-3-9-17-34)30-41-40-18-10-11-19-43(40)51-46(41)45/h1-30H. The molecule has 4 heteroatoms. The maximum absolute atomic E-state index is 6.61. The van der Waals surface area contributed by atoms with Crippen molar-refractivity contribution >= 4 is 70.4 Å². The molecule has 0 N–H and O–H groups in total. The fraction of sp³-hybridized carbons (Fsp3) is 0.